The van der Waals surface area contributed by atoms with Crippen LogP contribution in [0.3, 0.4) is 0 Å². The van der Waals surface area contributed by atoms with E-state index in [0.29, 0.717) is 11.3 Å². The summed E-state index contributed by atoms with van der Waals surface area (Å²) in [5.74, 6) is 3.20. The van der Waals surface area contributed by atoms with Crippen LogP contribution in [0.1, 0.15) is 65.7 Å². The maximum absolute atomic E-state index is 12.0. The van der Waals surface area contributed by atoms with Gasteiger partial charge in [0.1, 0.15) is 0 Å². The molecule has 3 saturated carbocycles. The summed E-state index contributed by atoms with van der Waals surface area (Å²) in [6.45, 7) is 7.28. The van der Waals surface area contributed by atoms with Crippen molar-refractivity contribution in [1.82, 2.24) is 0 Å². The third-order valence-electron chi connectivity index (χ3n) is 8.75. The Morgan fingerprint density at radius 2 is 1.92 bits per heavy atom. The summed E-state index contributed by atoms with van der Waals surface area (Å²) in [6.07, 6.45) is 12.6. The predicted octanol–water partition coefficient (Wildman–Crippen LogP) is 4.68. The van der Waals surface area contributed by atoms with Gasteiger partial charge in [-0.1, -0.05) is 32.8 Å². The van der Waals surface area contributed by atoms with Gasteiger partial charge >= 0.3 is 0 Å². The van der Waals surface area contributed by atoms with Crippen molar-refractivity contribution in [3.05, 3.63) is 23.3 Å². The molecule has 0 aromatic carbocycles. The second-order valence-electron chi connectivity index (χ2n) is 9.24. The molecule has 0 saturated heterocycles. The molecule has 0 aliphatic heterocycles. The number of hydrogen-bond donors (Lipinski definition) is 1. The first-order valence-corrected chi connectivity index (χ1v) is 10.0. The molecular formula is C22H32O2. The summed E-state index contributed by atoms with van der Waals surface area (Å²) in [6, 6.07) is 0. The van der Waals surface area contributed by atoms with Gasteiger partial charge in [0.2, 0.25) is 0 Å². The van der Waals surface area contributed by atoms with Gasteiger partial charge in [-0.3, -0.25) is 4.79 Å². The fraction of sp³-hybridized carbons (Fsp3) is 0.773. The lowest BCUT2D eigenvalue weighted by molar-refractivity contribution is -0.111. The highest BCUT2D eigenvalue weighted by Gasteiger charge is 2.59. The van der Waals surface area contributed by atoms with Gasteiger partial charge in [0.15, 0.2) is 5.78 Å². The topological polar surface area (TPSA) is 37.3 Å². The first-order valence-electron chi connectivity index (χ1n) is 10.0. The van der Waals surface area contributed by atoms with E-state index in [1.165, 1.54) is 44.1 Å². The van der Waals surface area contributed by atoms with Gasteiger partial charge < -0.3 is 5.11 Å². The summed E-state index contributed by atoms with van der Waals surface area (Å²) in [5.41, 5.74) is 2.74. The Labute approximate surface area is 146 Å². The molecule has 0 amide bonds. The van der Waals surface area contributed by atoms with E-state index in [9.17, 15) is 9.90 Å². The zero-order valence-electron chi connectivity index (χ0n) is 15.5. The Kier molecular flexibility index (Phi) is 3.84. The van der Waals surface area contributed by atoms with E-state index in [1.807, 2.05) is 6.08 Å². The average molecular weight is 328 g/mol. The molecule has 4 aliphatic carbocycles. The molecule has 2 heteroatoms. The maximum Gasteiger partial charge on any atom is 0.178 e. The van der Waals surface area contributed by atoms with Crippen LogP contribution in [-0.4, -0.2) is 17.5 Å². The zero-order valence-corrected chi connectivity index (χ0v) is 15.5. The summed E-state index contributed by atoms with van der Waals surface area (Å²) in [7, 11) is 0. The smallest absolute Gasteiger partial charge is 0.178 e. The molecule has 0 heterocycles. The monoisotopic (exact) mass is 328 g/mol. The van der Waals surface area contributed by atoms with Crippen LogP contribution in [0, 0.1) is 34.5 Å². The lowest BCUT2D eigenvalue weighted by Crippen LogP contribution is -2.51. The van der Waals surface area contributed by atoms with Gasteiger partial charge in [-0.25, -0.2) is 0 Å². The Morgan fingerprint density at radius 3 is 2.62 bits per heavy atom. The molecule has 0 unspecified atom stereocenters. The van der Waals surface area contributed by atoms with Gasteiger partial charge in [0, 0.05) is 5.41 Å². The fourth-order valence-electron chi connectivity index (χ4n) is 7.42. The molecule has 132 valence electrons. The number of hydrogen-bond acceptors (Lipinski definition) is 2. The Morgan fingerprint density at radius 1 is 1.12 bits per heavy atom. The zero-order chi connectivity index (χ0) is 17.1. The van der Waals surface area contributed by atoms with Crippen molar-refractivity contribution in [3.8, 4) is 0 Å². The summed E-state index contributed by atoms with van der Waals surface area (Å²) >= 11 is 0. The van der Waals surface area contributed by atoms with Gasteiger partial charge in [-0.2, -0.15) is 0 Å². The first kappa shape index (κ1) is 16.6. The molecule has 1 N–H and O–H groups in total. The number of allylic oxidation sites excluding steroid dienone is 3. The van der Waals surface area contributed by atoms with E-state index < -0.39 is 0 Å². The molecule has 2 nitrogen and oxygen atoms in total. The van der Waals surface area contributed by atoms with E-state index in [0.717, 1.165) is 29.7 Å². The van der Waals surface area contributed by atoms with Crippen LogP contribution in [-0.2, 0) is 4.79 Å². The van der Waals surface area contributed by atoms with Crippen LogP contribution in [0.25, 0.3) is 0 Å². The van der Waals surface area contributed by atoms with Crippen molar-refractivity contribution in [2.45, 2.75) is 65.7 Å². The number of rotatable bonds is 2. The lowest BCUT2D eigenvalue weighted by atomic mass is 9.46. The highest BCUT2D eigenvalue weighted by atomic mass is 16.3. The number of aliphatic hydroxyl groups excluding tert-OH is 1. The summed E-state index contributed by atoms with van der Waals surface area (Å²) in [4.78, 5) is 12.0. The van der Waals surface area contributed by atoms with Crippen molar-refractivity contribution in [2.24, 2.45) is 34.5 Å². The van der Waals surface area contributed by atoms with Crippen LogP contribution in [0.4, 0.5) is 0 Å². The van der Waals surface area contributed by atoms with Crippen LogP contribution >= 0.6 is 0 Å². The quantitative estimate of drug-likeness (QED) is 0.799. The van der Waals surface area contributed by atoms with E-state index >= 15 is 0 Å². The molecule has 0 bridgehead atoms. The molecular weight excluding hydrogens is 296 g/mol. The molecule has 4 aliphatic rings. The van der Waals surface area contributed by atoms with Gasteiger partial charge in [0.25, 0.3) is 0 Å². The van der Waals surface area contributed by atoms with Crippen molar-refractivity contribution >= 4 is 5.78 Å². The molecule has 0 aromatic rings. The van der Waals surface area contributed by atoms with Gasteiger partial charge in [0.05, 0.1) is 6.61 Å². The Balaban J connectivity index is 1.72. The minimum Gasteiger partial charge on any atom is -0.392 e. The average Bonchev–Trinajstić information content (AvgIpc) is 2.91. The highest BCUT2D eigenvalue weighted by Crippen LogP contribution is 2.67. The second kappa shape index (κ2) is 5.56. The molecule has 0 radical (unpaired) electrons. The Hall–Kier alpha value is -0.890. The minimum absolute atomic E-state index is 0.0301. The molecule has 0 aromatic heterocycles. The summed E-state index contributed by atoms with van der Waals surface area (Å²) in [5, 5.41) is 9.97. The molecule has 0 spiro atoms. The largest absolute Gasteiger partial charge is 0.392 e. The van der Waals surface area contributed by atoms with Crippen LogP contribution in [0.5, 0.6) is 0 Å². The first-order chi connectivity index (χ1) is 11.4. The Bertz CT molecular complexity index is 597. The number of carbonyl (C=O) groups is 1. The van der Waals surface area contributed by atoms with E-state index in [4.69, 9.17) is 0 Å². The predicted molar refractivity (Wildman–Crippen MR) is 96.4 cm³/mol. The SMILES string of the molecule is CC[C@H]1CC[C@H]2[C@@H]3CCC4=CC(=O)C=C(CO)[C@]4(C)[C@H]3CC[C@]12C. The van der Waals surface area contributed by atoms with Crippen LogP contribution in [0.15, 0.2) is 23.3 Å². The van der Waals surface area contributed by atoms with E-state index in [2.05, 4.69) is 20.8 Å². The van der Waals surface area contributed by atoms with Crippen molar-refractivity contribution in [1.29, 1.82) is 0 Å². The third-order valence-corrected chi connectivity index (χ3v) is 8.75. The molecule has 3 fully saturated rings. The third kappa shape index (κ3) is 2.01. The lowest BCUT2D eigenvalue weighted by Gasteiger charge is -2.58. The standard InChI is InChI=1S/C22H32O2/c1-4-14-6-8-19-18-7-5-15-11-17(24)12-16(13-23)22(15,3)20(18)9-10-21(14,19)2/h11-12,14,18-20,23H,4-10,13H2,1-3H3/t14-,18-,19-,20-,21+,22+/m0/s1. The second-order valence-corrected chi connectivity index (χ2v) is 9.24. The van der Waals surface area contributed by atoms with Crippen LogP contribution in [0.2, 0.25) is 0 Å². The van der Waals surface area contributed by atoms with Crippen LogP contribution < -0.4 is 0 Å². The number of aliphatic hydroxyl groups is 1. The minimum atomic E-state index is -0.0722. The van der Waals surface area contributed by atoms with Gasteiger partial charge in [-0.15, -0.1) is 0 Å². The molecule has 24 heavy (non-hydrogen) atoms. The normalized spacial score (nSPS) is 47.4. The number of fused-ring (bicyclic) bond motifs is 5. The molecule has 6 atom stereocenters. The molecule has 4 rings (SSSR count). The van der Waals surface area contributed by atoms with E-state index in [1.54, 1.807) is 6.08 Å². The van der Waals surface area contributed by atoms with Crippen molar-refractivity contribution < 1.29 is 9.90 Å². The van der Waals surface area contributed by atoms with Crippen molar-refractivity contribution in [2.75, 3.05) is 6.61 Å². The summed E-state index contributed by atoms with van der Waals surface area (Å²) < 4.78 is 0. The highest BCUT2D eigenvalue weighted by molar-refractivity contribution is 6.02. The van der Waals surface area contributed by atoms with E-state index in [-0.39, 0.29) is 17.8 Å². The fourth-order valence-corrected chi connectivity index (χ4v) is 7.42. The van der Waals surface area contributed by atoms with Gasteiger partial charge in [-0.05, 0) is 85.3 Å². The maximum atomic E-state index is 12.0. The van der Waals surface area contributed by atoms with Crippen molar-refractivity contribution in [3.63, 3.8) is 0 Å². The number of carbonyl (C=O) groups excluding carboxylic acids is 1. The number of ketones is 1.